The smallest absolute Gasteiger partial charge is 0.317 e. The minimum Gasteiger partial charge on any atom is -0.497 e. The van der Waals surface area contributed by atoms with Crippen LogP contribution in [-0.4, -0.2) is 40.9 Å². The number of nitrogens with zero attached hydrogens (tertiary/aromatic N) is 2. The summed E-state index contributed by atoms with van der Waals surface area (Å²) in [5.74, 6) is -0.562. The van der Waals surface area contributed by atoms with Gasteiger partial charge in [-0.3, -0.25) is 24.8 Å². The van der Waals surface area contributed by atoms with Crippen molar-refractivity contribution in [2.75, 3.05) is 14.2 Å². The Morgan fingerprint density at radius 2 is 1.89 bits per heavy atom. The zero-order valence-electron chi connectivity index (χ0n) is 15.6. The Labute approximate surface area is 161 Å². The highest BCUT2D eigenvalue weighted by Crippen LogP contribution is 2.37. The second kappa shape index (κ2) is 8.20. The highest BCUT2D eigenvalue weighted by atomic mass is 16.6. The van der Waals surface area contributed by atoms with E-state index in [4.69, 9.17) is 9.47 Å². The molecule has 148 valence electrons. The molecule has 3 rings (SSSR count). The normalized spacial score (nSPS) is 19.7. The van der Waals surface area contributed by atoms with E-state index in [1.165, 1.54) is 0 Å². The molecule has 1 aliphatic rings. The lowest BCUT2D eigenvalue weighted by Crippen LogP contribution is -2.24. The third-order valence-corrected chi connectivity index (χ3v) is 5.09. The summed E-state index contributed by atoms with van der Waals surface area (Å²) in [5, 5.41) is 17.1. The molecule has 1 unspecified atom stereocenters. The number of carbonyl (C=O) groups is 2. The van der Waals surface area contributed by atoms with Gasteiger partial charge in [0.1, 0.15) is 23.5 Å². The van der Waals surface area contributed by atoms with Gasteiger partial charge in [-0.15, -0.1) is 0 Å². The van der Waals surface area contributed by atoms with Crippen molar-refractivity contribution in [3.05, 3.63) is 45.8 Å². The Balaban J connectivity index is 1.83. The minimum atomic E-state index is -0.917. The van der Waals surface area contributed by atoms with Crippen molar-refractivity contribution in [1.29, 1.82) is 0 Å². The van der Waals surface area contributed by atoms with Gasteiger partial charge in [0.25, 0.3) is 0 Å². The number of nitrogens with one attached hydrogen (secondary N) is 1. The van der Waals surface area contributed by atoms with Gasteiger partial charge in [0.05, 0.1) is 25.1 Å². The molecule has 0 amide bonds. The molecule has 28 heavy (non-hydrogen) atoms. The van der Waals surface area contributed by atoms with Crippen LogP contribution in [0.3, 0.4) is 0 Å². The first-order valence-corrected chi connectivity index (χ1v) is 8.92. The fourth-order valence-corrected chi connectivity index (χ4v) is 3.61. The predicted octanol–water partition coefficient (Wildman–Crippen LogP) is 3.06. The first-order chi connectivity index (χ1) is 13.4. The zero-order valence-corrected chi connectivity index (χ0v) is 15.6. The molecule has 1 N–H and O–H groups in total. The molecule has 9 heteroatoms. The molecule has 9 nitrogen and oxygen atoms in total. The number of hydrogen-bond donors (Lipinski definition) is 1. The van der Waals surface area contributed by atoms with Gasteiger partial charge in [-0.25, -0.2) is 0 Å². The van der Waals surface area contributed by atoms with Crippen molar-refractivity contribution < 1.29 is 24.0 Å². The predicted molar refractivity (Wildman–Crippen MR) is 98.8 cm³/mol. The van der Waals surface area contributed by atoms with E-state index < -0.39 is 22.3 Å². The van der Waals surface area contributed by atoms with E-state index in [-0.39, 0.29) is 23.8 Å². The van der Waals surface area contributed by atoms with Crippen LogP contribution in [0.1, 0.15) is 47.7 Å². The summed E-state index contributed by atoms with van der Waals surface area (Å²) in [6.45, 7) is 0. The SMILES string of the molecule is COc1cc(OC)cc([C@H]2CCCC(C(=O)c3n[nH]cc3[N+](=O)[O-])C(=O)C2)c1. The Morgan fingerprint density at radius 3 is 2.50 bits per heavy atom. The van der Waals surface area contributed by atoms with Crippen molar-refractivity contribution in [2.45, 2.75) is 31.6 Å². The number of ether oxygens (including phenoxy) is 2. The number of methoxy groups -OCH3 is 2. The largest absolute Gasteiger partial charge is 0.497 e. The number of benzene rings is 1. The summed E-state index contributed by atoms with van der Waals surface area (Å²) in [6, 6.07) is 5.48. The van der Waals surface area contributed by atoms with Crippen LogP contribution in [0, 0.1) is 16.0 Å². The van der Waals surface area contributed by atoms with Gasteiger partial charge in [0, 0.05) is 12.5 Å². The van der Waals surface area contributed by atoms with Gasteiger partial charge in [-0.2, -0.15) is 5.10 Å². The van der Waals surface area contributed by atoms with Gasteiger partial charge in [-0.1, -0.05) is 6.42 Å². The molecule has 2 atom stereocenters. The third-order valence-electron chi connectivity index (χ3n) is 5.09. The number of Topliss-reactive ketones (excluding diaryl/α,β-unsaturated/α-hetero) is 2. The molecule has 1 aromatic heterocycles. The van der Waals surface area contributed by atoms with E-state index in [0.29, 0.717) is 30.8 Å². The fourth-order valence-electron chi connectivity index (χ4n) is 3.61. The van der Waals surface area contributed by atoms with Crippen LogP contribution in [0.25, 0.3) is 0 Å². The van der Waals surface area contributed by atoms with Crippen molar-refractivity contribution >= 4 is 17.3 Å². The first-order valence-electron chi connectivity index (χ1n) is 8.92. The van der Waals surface area contributed by atoms with E-state index in [1.54, 1.807) is 20.3 Å². The monoisotopic (exact) mass is 387 g/mol. The van der Waals surface area contributed by atoms with Crippen LogP contribution >= 0.6 is 0 Å². The fraction of sp³-hybridized carbons (Fsp3) is 0.421. The van der Waals surface area contributed by atoms with E-state index >= 15 is 0 Å². The standard InChI is InChI=1S/C19H21N3O6/c1-27-13-6-12(7-14(9-13)28-2)11-4-3-5-15(17(23)8-11)19(24)18-16(22(25)26)10-20-21-18/h6-7,9-11,15H,3-5,8H2,1-2H3,(H,20,21)/t11-,15?/m0/s1. The maximum Gasteiger partial charge on any atom is 0.317 e. The highest BCUT2D eigenvalue weighted by molar-refractivity contribution is 6.11. The molecule has 1 fully saturated rings. The summed E-state index contributed by atoms with van der Waals surface area (Å²) >= 11 is 0. The Bertz CT molecular complexity index is 885. The quantitative estimate of drug-likeness (QED) is 0.265. The Morgan fingerprint density at radius 1 is 1.21 bits per heavy atom. The molecule has 0 saturated heterocycles. The first kappa shape index (κ1) is 19.5. The van der Waals surface area contributed by atoms with Gasteiger partial charge in [0.15, 0.2) is 0 Å². The van der Waals surface area contributed by atoms with Crippen LogP contribution in [0.15, 0.2) is 24.4 Å². The summed E-state index contributed by atoms with van der Waals surface area (Å²) in [4.78, 5) is 36.0. The topological polar surface area (TPSA) is 124 Å². The minimum absolute atomic E-state index is 0.0801. The summed E-state index contributed by atoms with van der Waals surface area (Å²) < 4.78 is 10.6. The molecule has 0 bridgehead atoms. The van der Waals surface area contributed by atoms with Crippen molar-refractivity contribution in [1.82, 2.24) is 10.2 Å². The van der Waals surface area contributed by atoms with Gasteiger partial charge in [-0.05, 0) is 36.5 Å². The van der Waals surface area contributed by atoms with E-state index in [9.17, 15) is 19.7 Å². The molecular weight excluding hydrogens is 366 g/mol. The van der Waals surface area contributed by atoms with Crippen LogP contribution in [-0.2, 0) is 4.79 Å². The highest BCUT2D eigenvalue weighted by Gasteiger charge is 2.36. The number of rotatable bonds is 6. The number of hydrogen-bond acceptors (Lipinski definition) is 7. The molecule has 0 spiro atoms. The average Bonchev–Trinajstić information content (AvgIpc) is 3.11. The Hall–Kier alpha value is -3.23. The molecule has 1 heterocycles. The number of aromatic nitrogens is 2. The number of ketones is 2. The van der Waals surface area contributed by atoms with Crippen molar-refractivity contribution in [3.63, 3.8) is 0 Å². The lowest BCUT2D eigenvalue weighted by atomic mass is 9.88. The second-order valence-electron chi connectivity index (χ2n) is 6.74. The summed E-state index contributed by atoms with van der Waals surface area (Å²) in [7, 11) is 3.12. The van der Waals surface area contributed by atoms with Gasteiger partial charge in [0.2, 0.25) is 11.5 Å². The molecule has 0 radical (unpaired) electrons. The molecule has 0 aliphatic heterocycles. The van der Waals surface area contributed by atoms with Crippen molar-refractivity contribution in [3.8, 4) is 11.5 Å². The summed E-state index contributed by atoms with van der Waals surface area (Å²) in [6.07, 6.45) is 2.93. The van der Waals surface area contributed by atoms with E-state index in [0.717, 1.165) is 11.8 Å². The van der Waals surface area contributed by atoms with Gasteiger partial charge >= 0.3 is 5.69 Å². The molecule has 1 aliphatic carbocycles. The van der Waals surface area contributed by atoms with E-state index in [1.807, 2.05) is 12.1 Å². The maximum absolute atomic E-state index is 12.8. The number of H-pyrrole nitrogens is 1. The zero-order chi connectivity index (χ0) is 20.3. The number of carbonyl (C=O) groups excluding carboxylic acids is 2. The van der Waals surface area contributed by atoms with Crippen LogP contribution in [0.4, 0.5) is 5.69 Å². The van der Waals surface area contributed by atoms with Crippen LogP contribution in [0.2, 0.25) is 0 Å². The van der Waals surface area contributed by atoms with Crippen molar-refractivity contribution in [2.24, 2.45) is 5.92 Å². The molecule has 1 saturated carbocycles. The summed E-state index contributed by atoms with van der Waals surface area (Å²) in [5.41, 5.74) is 0.212. The second-order valence-corrected chi connectivity index (χ2v) is 6.74. The lowest BCUT2D eigenvalue weighted by molar-refractivity contribution is -0.385. The molecular formula is C19H21N3O6. The average molecular weight is 387 g/mol. The van der Waals surface area contributed by atoms with Crippen LogP contribution < -0.4 is 9.47 Å². The maximum atomic E-state index is 12.8. The molecule has 1 aromatic carbocycles. The number of aromatic amines is 1. The van der Waals surface area contributed by atoms with Crippen LogP contribution in [0.5, 0.6) is 11.5 Å². The molecule has 2 aromatic rings. The van der Waals surface area contributed by atoms with Gasteiger partial charge < -0.3 is 9.47 Å². The lowest BCUT2D eigenvalue weighted by Gasteiger charge is -2.16. The number of nitro groups is 1. The Kier molecular flexibility index (Phi) is 5.72. The third kappa shape index (κ3) is 3.88. The van der Waals surface area contributed by atoms with E-state index in [2.05, 4.69) is 10.2 Å².